The second kappa shape index (κ2) is 6.33. The summed E-state index contributed by atoms with van der Waals surface area (Å²) in [5.41, 5.74) is 0. The Morgan fingerprint density at radius 2 is 2.00 bits per heavy atom. The van der Waals surface area contributed by atoms with Crippen LogP contribution < -0.4 is 0 Å². The SMILES string of the molecule is CCOC(=O)C(CC(O)CO)C(=O)O. The Morgan fingerprint density at radius 1 is 1.43 bits per heavy atom. The minimum atomic E-state index is -1.42. The number of carboxylic acid groups (broad SMARTS) is 1. The lowest BCUT2D eigenvalue weighted by atomic mass is 10.0. The van der Waals surface area contributed by atoms with Gasteiger partial charge in [0, 0.05) is 0 Å². The summed E-state index contributed by atoms with van der Waals surface area (Å²) in [7, 11) is 0. The second-order valence-electron chi connectivity index (χ2n) is 2.71. The topological polar surface area (TPSA) is 104 Å². The molecule has 0 fully saturated rings. The molecule has 0 aliphatic carbocycles. The van der Waals surface area contributed by atoms with E-state index in [1.807, 2.05) is 0 Å². The summed E-state index contributed by atoms with van der Waals surface area (Å²) in [6.45, 7) is 1.06. The quantitative estimate of drug-likeness (QED) is 0.380. The number of hydrogen-bond donors (Lipinski definition) is 3. The summed E-state index contributed by atoms with van der Waals surface area (Å²) in [5, 5.41) is 26.1. The highest BCUT2D eigenvalue weighted by Gasteiger charge is 2.29. The molecule has 0 heterocycles. The van der Waals surface area contributed by atoms with Crippen molar-refractivity contribution in [2.45, 2.75) is 19.4 Å². The maximum atomic E-state index is 11.0. The molecule has 0 bridgehead atoms. The van der Waals surface area contributed by atoms with Crippen molar-refractivity contribution in [3.05, 3.63) is 0 Å². The molecule has 6 heteroatoms. The van der Waals surface area contributed by atoms with E-state index < -0.39 is 30.6 Å². The first-order valence-corrected chi connectivity index (χ1v) is 4.21. The van der Waals surface area contributed by atoms with E-state index in [1.165, 1.54) is 0 Å². The van der Waals surface area contributed by atoms with Crippen LogP contribution in [0.5, 0.6) is 0 Å². The van der Waals surface area contributed by atoms with Crippen molar-refractivity contribution >= 4 is 11.9 Å². The van der Waals surface area contributed by atoms with Crippen molar-refractivity contribution in [1.29, 1.82) is 0 Å². The van der Waals surface area contributed by atoms with Gasteiger partial charge in [-0.1, -0.05) is 0 Å². The summed E-state index contributed by atoms with van der Waals surface area (Å²) >= 11 is 0. The average molecular weight is 206 g/mol. The summed E-state index contributed by atoms with van der Waals surface area (Å²) < 4.78 is 4.50. The predicted octanol–water partition coefficient (Wildman–Crippen LogP) is -1.01. The van der Waals surface area contributed by atoms with Crippen LogP contribution in [0.1, 0.15) is 13.3 Å². The molecule has 14 heavy (non-hydrogen) atoms. The molecule has 0 aliphatic rings. The van der Waals surface area contributed by atoms with Gasteiger partial charge >= 0.3 is 11.9 Å². The smallest absolute Gasteiger partial charge is 0.320 e. The highest BCUT2D eigenvalue weighted by atomic mass is 16.5. The highest BCUT2D eigenvalue weighted by molar-refractivity contribution is 5.93. The molecular formula is C8H14O6. The zero-order chi connectivity index (χ0) is 11.1. The predicted molar refractivity (Wildman–Crippen MR) is 45.5 cm³/mol. The summed E-state index contributed by atoms with van der Waals surface area (Å²) in [5.74, 6) is -3.68. The van der Waals surface area contributed by atoms with Crippen LogP contribution in [0, 0.1) is 5.92 Å². The zero-order valence-electron chi connectivity index (χ0n) is 7.84. The third-order valence-electron chi connectivity index (χ3n) is 1.59. The molecule has 0 radical (unpaired) electrons. The molecule has 0 rings (SSSR count). The maximum absolute atomic E-state index is 11.0. The normalized spacial score (nSPS) is 14.5. The molecule has 0 aromatic carbocycles. The maximum Gasteiger partial charge on any atom is 0.320 e. The number of esters is 1. The van der Waals surface area contributed by atoms with E-state index in [0.717, 1.165) is 0 Å². The fourth-order valence-electron chi connectivity index (χ4n) is 0.887. The minimum Gasteiger partial charge on any atom is -0.481 e. The minimum absolute atomic E-state index is 0.0812. The molecule has 6 nitrogen and oxygen atoms in total. The molecule has 3 N–H and O–H groups in total. The molecule has 0 aliphatic heterocycles. The van der Waals surface area contributed by atoms with Gasteiger partial charge in [-0.3, -0.25) is 9.59 Å². The van der Waals surface area contributed by atoms with Gasteiger partial charge in [-0.25, -0.2) is 0 Å². The molecule has 0 aromatic rings. The first-order valence-electron chi connectivity index (χ1n) is 4.21. The van der Waals surface area contributed by atoms with Gasteiger partial charge in [0.2, 0.25) is 0 Å². The van der Waals surface area contributed by atoms with Gasteiger partial charge in [0.05, 0.1) is 19.3 Å². The van der Waals surface area contributed by atoms with E-state index in [0.29, 0.717) is 0 Å². The molecule has 0 amide bonds. The van der Waals surface area contributed by atoms with Crippen LogP contribution in [0.4, 0.5) is 0 Å². The Kier molecular flexibility index (Phi) is 5.82. The number of carbonyl (C=O) groups is 2. The van der Waals surface area contributed by atoms with Gasteiger partial charge < -0.3 is 20.1 Å². The van der Waals surface area contributed by atoms with Gasteiger partial charge in [-0.2, -0.15) is 0 Å². The Bertz CT molecular complexity index is 202. The first kappa shape index (κ1) is 12.9. The van der Waals surface area contributed by atoms with Crippen molar-refractivity contribution in [3.63, 3.8) is 0 Å². The van der Waals surface area contributed by atoms with Crippen LogP contribution in [-0.2, 0) is 14.3 Å². The lowest BCUT2D eigenvalue weighted by molar-refractivity contribution is -0.160. The van der Waals surface area contributed by atoms with E-state index in [4.69, 9.17) is 15.3 Å². The van der Waals surface area contributed by atoms with Gasteiger partial charge in [0.25, 0.3) is 0 Å². The zero-order valence-corrected chi connectivity index (χ0v) is 7.84. The van der Waals surface area contributed by atoms with Gasteiger partial charge in [-0.05, 0) is 13.3 Å². The van der Waals surface area contributed by atoms with Crippen LogP contribution in [0.3, 0.4) is 0 Å². The van der Waals surface area contributed by atoms with Crippen LogP contribution in [0.25, 0.3) is 0 Å². The van der Waals surface area contributed by atoms with Crippen molar-refractivity contribution in [1.82, 2.24) is 0 Å². The summed E-state index contributed by atoms with van der Waals surface area (Å²) in [6, 6.07) is 0. The van der Waals surface area contributed by atoms with Gasteiger partial charge in [0.15, 0.2) is 5.92 Å². The number of carboxylic acids is 1. The van der Waals surface area contributed by atoms with E-state index in [2.05, 4.69) is 4.74 Å². The summed E-state index contributed by atoms with van der Waals surface area (Å²) in [4.78, 5) is 21.6. The van der Waals surface area contributed by atoms with E-state index in [9.17, 15) is 9.59 Å². The molecule has 2 unspecified atom stereocenters. The summed E-state index contributed by atoms with van der Waals surface area (Å²) in [6.07, 6.45) is -1.56. The number of aliphatic hydroxyl groups excluding tert-OH is 2. The second-order valence-corrected chi connectivity index (χ2v) is 2.71. The van der Waals surface area contributed by atoms with E-state index in [1.54, 1.807) is 6.92 Å². The van der Waals surface area contributed by atoms with Crippen LogP contribution in [0.15, 0.2) is 0 Å². The Balaban J connectivity index is 4.29. The molecule has 2 atom stereocenters. The van der Waals surface area contributed by atoms with E-state index in [-0.39, 0.29) is 13.0 Å². The number of aliphatic carboxylic acids is 1. The number of ether oxygens (including phenoxy) is 1. The Morgan fingerprint density at radius 3 is 2.36 bits per heavy atom. The van der Waals surface area contributed by atoms with Crippen molar-refractivity contribution in [2.24, 2.45) is 5.92 Å². The standard InChI is InChI=1S/C8H14O6/c1-2-14-8(13)6(7(11)12)3-5(10)4-9/h5-6,9-10H,2-4H2,1H3,(H,11,12). The largest absolute Gasteiger partial charge is 0.481 e. The Labute approximate surface area is 81.1 Å². The van der Waals surface area contributed by atoms with Crippen molar-refractivity contribution in [2.75, 3.05) is 13.2 Å². The first-order chi connectivity index (χ1) is 6.52. The Hall–Kier alpha value is -1.14. The number of carbonyl (C=O) groups excluding carboxylic acids is 1. The van der Waals surface area contributed by atoms with Crippen LogP contribution in [0.2, 0.25) is 0 Å². The lowest BCUT2D eigenvalue weighted by Crippen LogP contribution is -2.31. The number of hydrogen-bond acceptors (Lipinski definition) is 5. The molecule has 0 aromatic heterocycles. The van der Waals surface area contributed by atoms with Crippen LogP contribution >= 0.6 is 0 Å². The average Bonchev–Trinajstić information content (AvgIpc) is 2.13. The van der Waals surface area contributed by atoms with Gasteiger partial charge in [0.1, 0.15) is 0 Å². The molecule has 82 valence electrons. The lowest BCUT2D eigenvalue weighted by Gasteiger charge is -2.13. The third kappa shape index (κ3) is 4.20. The van der Waals surface area contributed by atoms with Crippen molar-refractivity contribution < 1.29 is 29.6 Å². The molecular weight excluding hydrogens is 192 g/mol. The number of rotatable bonds is 6. The fourth-order valence-corrected chi connectivity index (χ4v) is 0.887. The van der Waals surface area contributed by atoms with Crippen LogP contribution in [-0.4, -0.2) is 46.6 Å². The van der Waals surface area contributed by atoms with E-state index >= 15 is 0 Å². The van der Waals surface area contributed by atoms with Gasteiger partial charge in [-0.15, -0.1) is 0 Å². The third-order valence-corrected chi connectivity index (χ3v) is 1.59. The molecule has 0 saturated heterocycles. The fraction of sp³-hybridized carbons (Fsp3) is 0.750. The monoisotopic (exact) mass is 206 g/mol. The molecule has 0 saturated carbocycles. The van der Waals surface area contributed by atoms with Crippen molar-refractivity contribution in [3.8, 4) is 0 Å². The number of aliphatic hydroxyl groups is 2. The molecule has 0 spiro atoms. The highest BCUT2D eigenvalue weighted by Crippen LogP contribution is 2.09.